The van der Waals surface area contributed by atoms with Gasteiger partial charge in [0.25, 0.3) is 0 Å². The van der Waals surface area contributed by atoms with Gasteiger partial charge in [0.1, 0.15) is 0 Å². The van der Waals surface area contributed by atoms with E-state index in [1.807, 2.05) is 32.2 Å². The highest BCUT2D eigenvalue weighted by molar-refractivity contribution is 5.87. The molecule has 1 aromatic heterocycles. The number of anilines is 1. The highest BCUT2D eigenvalue weighted by atomic mass is 15.3. The standard InChI is InChI=1S/C21H28N6/c1-15(18-12-8-10-16-9-6-7-11-19(16)18)25-20(22-2)23-13-17-14-24-21(26(3)4)27(17)5/h6-12,14-15H,13H2,1-5H3,(H2,22,23,25). The average molecular weight is 364 g/mol. The minimum Gasteiger partial charge on any atom is -0.351 e. The van der Waals surface area contributed by atoms with Gasteiger partial charge in [0.2, 0.25) is 5.95 Å². The molecule has 0 aliphatic carbocycles. The first-order valence-corrected chi connectivity index (χ1v) is 9.14. The van der Waals surface area contributed by atoms with Crippen LogP contribution in [0.25, 0.3) is 10.8 Å². The fraction of sp³-hybridized carbons (Fsp3) is 0.333. The minimum atomic E-state index is 0.131. The lowest BCUT2D eigenvalue weighted by Crippen LogP contribution is -2.38. The van der Waals surface area contributed by atoms with Gasteiger partial charge in [-0.05, 0) is 23.3 Å². The normalized spacial score (nSPS) is 12.9. The lowest BCUT2D eigenvalue weighted by Gasteiger charge is -2.20. The van der Waals surface area contributed by atoms with E-state index < -0.39 is 0 Å². The third-order valence-corrected chi connectivity index (χ3v) is 4.76. The summed E-state index contributed by atoms with van der Waals surface area (Å²) in [7, 11) is 7.80. The Labute approximate surface area is 160 Å². The number of hydrogen-bond acceptors (Lipinski definition) is 3. The van der Waals surface area contributed by atoms with Gasteiger partial charge in [-0.1, -0.05) is 42.5 Å². The van der Waals surface area contributed by atoms with Crippen LogP contribution in [0.3, 0.4) is 0 Å². The van der Waals surface area contributed by atoms with Gasteiger partial charge in [0, 0.05) is 28.2 Å². The van der Waals surface area contributed by atoms with Gasteiger partial charge in [-0.15, -0.1) is 0 Å². The lowest BCUT2D eigenvalue weighted by atomic mass is 10.00. The molecular formula is C21H28N6. The molecule has 27 heavy (non-hydrogen) atoms. The first-order chi connectivity index (χ1) is 13.0. The van der Waals surface area contributed by atoms with Crippen molar-refractivity contribution in [3.8, 4) is 0 Å². The van der Waals surface area contributed by atoms with E-state index in [1.54, 1.807) is 7.05 Å². The van der Waals surface area contributed by atoms with Gasteiger partial charge in [-0.25, -0.2) is 4.98 Å². The van der Waals surface area contributed by atoms with Crippen LogP contribution in [0, 0.1) is 0 Å². The number of fused-ring (bicyclic) bond motifs is 1. The van der Waals surface area contributed by atoms with Crippen molar-refractivity contribution in [2.24, 2.45) is 12.0 Å². The number of guanidine groups is 1. The fourth-order valence-corrected chi connectivity index (χ4v) is 3.29. The quantitative estimate of drug-likeness (QED) is 0.540. The molecule has 3 aromatic rings. The van der Waals surface area contributed by atoms with Crippen LogP contribution in [0.15, 0.2) is 53.7 Å². The molecular weight excluding hydrogens is 336 g/mol. The summed E-state index contributed by atoms with van der Waals surface area (Å²) >= 11 is 0. The van der Waals surface area contributed by atoms with E-state index >= 15 is 0 Å². The Morgan fingerprint density at radius 1 is 1.19 bits per heavy atom. The van der Waals surface area contributed by atoms with Crippen LogP contribution in [-0.2, 0) is 13.6 Å². The smallest absolute Gasteiger partial charge is 0.204 e. The van der Waals surface area contributed by atoms with Crippen LogP contribution in [-0.4, -0.2) is 36.7 Å². The number of nitrogens with one attached hydrogen (secondary N) is 2. The zero-order chi connectivity index (χ0) is 19.4. The molecule has 6 nitrogen and oxygen atoms in total. The van der Waals surface area contributed by atoms with Crippen molar-refractivity contribution in [2.45, 2.75) is 19.5 Å². The molecule has 2 N–H and O–H groups in total. The molecule has 0 amide bonds. The molecule has 0 radical (unpaired) electrons. The Kier molecular flexibility index (Phi) is 5.64. The van der Waals surface area contributed by atoms with Gasteiger partial charge in [-0.2, -0.15) is 0 Å². The highest BCUT2D eigenvalue weighted by Gasteiger charge is 2.12. The van der Waals surface area contributed by atoms with E-state index in [0.717, 1.165) is 17.6 Å². The van der Waals surface area contributed by atoms with Gasteiger partial charge in [0.05, 0.1) is 24.5 Å². The van der Waals surface area contributed by atoms with Crippen molar-refractivity contribution in [1.82, 2.24) is 20.2 Å². The van der Waals surface area contributed by atoms with E-state index in [0.29, 0.717) is 6.54 Å². The van der Waals surface area contributed by atoms with Crippen molar-refractivity contribution >= 4 is 22.7 Å². The van der Waals surface area contributed by atoms with Gasteiger partial charge in [-0.3, -0.25) is 4.99 Å². The van der Waals surface area contributed by atoms with Crippen LogP contribution in [0.4, 0.5) is 5.95 Å². The molecule has 0 saturated carbocycles. The summed E-state index contributed by atoms with van der Waals surface area (Å²) in [5.74, 6) is 1.70. The largest absolute Gasteiger partial charge is 0.351 e. The molecule has 1 unspecified atom stereocenters. The van der Waals surface area contributed by atoms with Crippen molar-refractivity contribution in [3.05, 3.63) is 59.9 Å². The SMILES string of the molecule is CN=C(NCc1cnc(N(C)C)n1C)NC(C)c1cccc2ccccc12. The van der Waals surface area contributed by atoms with E-state index in [1.165, 1.54) is 16.3 Å². The summed E-state index contributed by atoms with van der Waals surface area (Å²) in [5, 5.41) is 9.39. The molecule has 0 spiro atoms. The number of imidazole rings is 1. The molecule has 0 fully saturated rings. The van der Waals surface area contributed by atoms with Crippen LogP contribution in [0.5, 0.6) is 0 Å². The predicted octanol–water partition coefficient (Wildman–Crippen LogP) is 3.07. The molecule has 2 aromatic carbocycles. The van der Waals surface area contributed by atoms with Gasteiger partial charge < -0.3 is 20.1 Å². The van der Waals surface area contributed by atoms with Crippen LogP contribution in [0.2, 0.25) is 0 Å². The zero-order valence-corrected chi connectivity index (χ0v) is 16.7. The number of benzene rings is 2. The second-order valence-corrected chi connectivity index (χ2v) is 6.86. The third kappa shape index (κ3) is 4.05. The molecule has 0 aliphatic heterocycles. The molecule has 1 heterocycles. The van der Waals surface area contributed by atoms with Gasteiger partial charge in [0.15, 0.2) is 5.96 Å². The summed E-state index contributed by atoms with van der Waals surface area (Å²) in [6.45, 7) is 2.81. The monoisotopic (exact) mass is 364 g/mol. The summed E-state index contributed by atoms with van der Waals surface area (Å²) in [4.78, 5) is 10.8. The van der Waals surface area contributed by atoms with Crippen LogP contribution < -0.4 is 15.5 Å². The van der Waals surface area contributed by atoms with E-state index in [2.05, 4.69) is 74.6 Å². The first-order valence-electron chi connectivity index (χ1n) is 9.14. The van der Waals surface area contributed by atoms with Crippen LogP contribution >= 0.6 is 0 Å². The highest BCUT2D eigenvalue weighted by Crippen LogP contribution is 2.23. The summed E-state index contributed by atoms with van der Waals surface area (Å²) in [6.07, 6.45) is 1.89. The van der Waals surface area contributed by atoms with Crippen molar-refractivity contribution in [2.75, 3.05) is 26.0 Å². The maximum atomic E-state index is 4.45. The first kappa shape index (κ1) is 18.8. The predicted molar refractivity (Wildman–Crippen MR) is 113 cm³/mol. The van der Waals surface area contributed by atoms with Gasteiger partial charge >= 0.3 is 0 Å². The molecule has 0 bridgehead atoms. The summed E-state index contributed by atoms with van der Waals surface area (Å²) in [5.41, 5.74) is 2.35. The summed E-state index contributed by atoms with van der Waals surface area (Å²) < 4.78 is 2.08. The number of rotatable bonds is 5. The number of hydrogen-bond donors (Lipinski definition) is 2. The van der Waals surface area contributed by atoms with Crippen molar-refractivity contribution < 1.29 is 0 Å². The Balaban J connectivity index is 1.70. The van der Waals surface area contributed by atoms with E-state index in [4.69, 9.17) is 0 Å². The second kappa shape index (κ2) is 8.12. The Morgan fingerprint density at radius 2 is 1.93 bits per heavy atom. The van der Waals surface area contributed by atoms with Crippen LogP contribution in [0.1, 0.15) is 24.2 Å². The minimum absolute atomic E-state index is 0.131. The number of nitrogens with zero attached hydrogens (tertiary/aromatic N) is 4. The zero-order valence-electron chi connectivity index (χ0n) is 16.7. The number of aliphatic imine (C=N–C) groups is 1. The topological polar surface area (TPSA) is 57.5 Å². The maximum Gasteiger partial charge on any atom is 0.204 e. The second-order valence-electron chi connectivity index (χ2n) is 6.86. The Morgan fingerprint density at radius 3 is 2.63 bits per heavy atom. The Bertz CT molecular complexity index is 935. The Hall–Kier alpha value is -3.02. The molecule has 3 rings (SSSR count). The maximum absolute atomic E-state index is 4.45. The lowest BCUT2D eigenvalue weighted by molar-refractivity contribution is 0.679. The molecule has 0 aliphatic rings. The molecule has 142 valence electrons. The third-order valence-electron chi connectivity index (χ3n) is 4.76. The fourth-order valence-electron chi connectivity index (χ4n) is 3.29. The molecule has 0 saturated heterocycles. The molecule has 1 atom stereocenters. The van der Waals surface area contributed by atoms with E-state index in [-0.39, 0.29) is 6.04 Å². The van der Waals surface area contributed by atoms with E-state index in [9.17, 15) is 0 Å². The van der Waals surface area contributed by atoms with Crippen molar-refractivity contribution in [3.63, 3.8) is 0 Å². The van der Waals surface area contributed by atoms with Crippen molar-refractivity contribution in [1.29, 1.82) is 0 Å². The average Bonchev–Trinajstić information content (AvgIpc) is 3.05. The molecule has 6 heteroatoms. The number of aromatic nitrogens is 2. The summed E-state index contributed by atoms with van der Waals surface area (Å²) in [6, 6.07) is 15.0.